The van der Waals surface area contributed by atoms with Crippen LogP contribution in [0.25, 0.3) is 10.1 Å². The highest BCUT2D eigenvalue weighted by atomic mass is 32.1. The minimum Gasteiger partial charge on any atom is -0.496 e. The second-order valence-corrected chi connectivity index (χ2v) is 7.45. The van der Waals surface area contributed by atoms with Crippen LogP contribution in [0.2, 0.25) is 0 Å². The topological polar surface area (TPSA) is 55.8 Å². The maximum Gasteiger partial charge on any atom is 0.349 e. The van der Waals surface area contributed by atoms with Crippen LogP contribution in [0, 0.1) is 12.8 Å². The molecule has 1 fully saturated rings. The molecule has 3 rings (SSSR count). The Labute approximate surface area is 140 Å². The predicted octanol–water partition coefficient (Wildman–Crippen LogP) is 4.87. The van der Waals surface area contributed by atoms with Crippen LogP contribution in [-0.2, 0) is 0 Å². The third-order valence-corrected chi connectivity index (χ3v) is 5.65. The number of fused-ring (bicyclic) bond motifs is 1. The Morgan fingerprint density at radius 1 is 1.35 bits per heavy atom. The molecule has 0 bridgehead atoms. The molecule has 1 saturated carbocycles. The van der Waals surface area contributed by atoms with Crippen LogP contribution in [0.5, 0.6) is 11.5 Å². The summed E-state index contributed by atoms with van der Waals surface area (Å²) in [4.78, 5) is 11.9. The lowest BCUT2D eigenvalue weighted by molar-refractivity contribution is 0.0690. The van der Waals surface area contributed by atoms with E-state index < -0.39 is 5.97 Å². The first kappa shape index (κ1) is 16.1. The van der Waals surface area contributed by atoms with Crippen molar-refractivity contribution in [2.75, 3.05) is 7.11 Å². The standard InChI is InChI=1S/C18H22O4S/c1-10-5-4-6-12(7-10)22-16-13-9-14(21-3)11(2)8-15(13)23-17(16)18(19)20/h8-10,12H,4-7H2,1-3H3,(H,19,20). The van der Waals surface area contributed by atoms with Crippen LogP contribution in [-0.4, -0.2) is 24.3 Å². The highest BCUT2D eigenvalue weighted by molar-refractivity contribution is 7.21. The molecule has 0 aliphatic heterocycles. The van der Waals surface area contributed by atoms with Crippen molar-refractivity contribution < 1.29 is 19.4 Å². The van der Waals surface area contributed by atoms with Gasteiger partial charge in [-0.2, -0.15) is 0 Å². The molecule has 124 valence electrons. The fourth-order valence-corrected chi connectivity index (χ4v) is 4.39. The fraction of sp³-hybridized carbons (Fsp3) is 0.500. The molecule has 4 nitrogen and oxygen atoms in total. The number of methoxy groups -OCH3 is 1. The van der Waals surface area contributed by atoms with E-state index in [2.05, 4.69) is 6.92 Å². The summed E-state index contributed by atoms with van der Waals surface area (Å²) in [5.74, 6) is 0.967. The highest BCUT2D eigenvalue weighted by Gasteiger charge is 2.26. The first-order valence-electron chi connectivity index (χ1n) is 8.00. The van der Waals surface area contributed by atoms with Crippen molar-refractivity contribution in [1.29, 1.82) is 0 Å². The van der Waals surface area contributed by atoms with Gasteiger partial charge >= 0.3 is 5.97 Å². The van der Waals surface area contributed by atoms with Gasteiger partial charge in [0.15, 0.2) is 10.6 Å². The molecule has 0 amide bonds. The number of thiophene rings is 1. The second-order valence-electron chi connectivity index (χ2n) is 6.40. The van der Waals surface area contributed by atoms with Gasteiger partial charge in [-0.1, -0.05) is 13.3 Å². The average Bonchev–Trinajstić information content (AvgIpc) is 2.84. The number of hydrogen-bond acceptors (Lipinski definition) is 4. The maximum atomic E-state index is 11.6. The average molecular weight is 334 g/mol. The number of carbonyl (C=O) groups is 1. The summed E-state index contributed by atoms with van der Waals surface area (Å²) in [5.41, 5.74) is 0.996. The van der Waals surface area contributed by atoms with Crippen molar-refractivity contribution in [1.82, 2.24) is 0 Å². The van der Waals surface area contributed by atoms with Gasteiger partial charge < -0.3 is 14.6 Å². The van der Waals surface area contributed by atoms with Crippen LogP contribution in [0.15, 0.2) is 12.1 Å². The predicted molar refractivity (Wildman–Crippen MR) is 92.1 cm³/mol. The Bertz CT molecular complexity index is 734. The van der Waals surface area contributed by atoms with Crippen molar-refractivity contribution in [2.45, 2.75) is 45.6 Å². The summed E-state index contributed by atoms with van der Waals surface area (Å²) in [6.45, 7) is 4.19. The number of aromatic carboxylic acids is 1. The van der Waals surface area contributed by atoms with Gasteiger partial charge in [-0.3, -0.25) is 0 Å². The summed E-state index contributed by atoms with van der Waals surface area (Å²) in [5, 5.41) is 10.4. The van der Waals surface area contributed by atoms with Crippen molar-refractivity contribution in [2.24, 2.45) is 5.92 Å². The Balaban J connectivity index is 2.05. The summed E-state index contributed by atoms with van der Waals surface area (Å²) in [6, 6.07) is 3.87. The lowest BCUT2D eigenvalue weighted by Gasteiger charge is -2.27. The minimum absolute atomic E-state index is 0.0990. The zero-order chi connectivity index (χ0) is 16.6. The number of carboxylic acids is 1. The van der Waals surface area contributed by atoms with Gasteiger partial charge in [0.1, 0.15) is 5.75 Å². The number of carboxylic acid groups (broad SMARTS) is 1. The number of ether oxygens (including phenoxy) is 2. The van der Waals surface area contributed by atoms with Gasteiger partial charge in [0.05, 0.1) is 13.2 Å². The number of rotatable bonds is 4. The van der Waals surface area contributed by atoms with Gasteiger partial charge in [0.25, 0.3) is 0 Å². The number of benzene rings is 1. The molecule has 0 radical (unpaired) electrons. The zero-order valence-electron chi connectivity index (χ0n) is 13.7. The van der Waals surface area contributed by atoms with E-state index in [0.29, 0.717) is 11.7 Å². The summed E-state index contributed by atoms with van der Waals surface area (Å²) >= 11 is 1.27. The van der Waals surface area contributed by atoms with E-state index in [1.54, 1.807) is 7.11 Å². The van der Waals surface area contributed by atoms with Crippen LogP contribution in [0.1, 0.15) is 47.8 Å². The van der Waals surface area contributed by atoms with E-state index in [4.69, 9.17) is 9.47 Å². The van der Waals surface area contributed by atoms with E-state index in [9.17, 15) is 9.90 Å². The van der Waals surface area contributed by atoms with Crippen molar-refractivity contribution in [3.63, 3.8) is 0 Å². The van der Waals surface area contributed by atoms with Gasteiger partial charge in [-0.25, -0.2) is 4.79 Å². The molecule has 1 aromatic carbocycles. The summed E-state index contributed by atoms with van der Waals surface area (Å²) in [7, 11) is 1.63. The maximum absolute atomic E-state index is 11.6. The fourth-order valence-electron chi connectivity index (χ4n) is 3.33. The largest absolute Gasteiger partial charge is 0.496 e. The molecule has 0 saturated heterocycles. The molecule has 1 heterocycles. The SMILES string of the molecule is COc1cc2c(OC3CCCC(C)C3)c(C(=O)O)sc2cc1C. The number of hydrogen-bond donors (Lipinski definition) is 1. The highest BCUT2D eigenvalue weighted by Crippen LogP contribution is 2.42. The molecule has 1 aliphatic carbocycles. The van der Waals surface area contributed by atoms with E-state index in [1.807, 2.05) is 19.1 Å². The second kappa shape index (κ2) is 6.40. The van der Waals surface area contributed by atoms with Crippen molar-refractivity contribution >= 4 is 27.4 Å². The lowest BCUT2D eigenvalue weighted by atomic mass is 9.88. The Morgan fingerprint density at radius 2 is 2.13 bits per heavy atom. The Hall–Kier alpha value is -1.75. The molecule has 1 aromatic heterocycles. The molecular weight excluding hydrogens is 312 g/mol. The third-order valence-electron chi connectivity index (χ3n) is 4.53. The molecule has 2 unspecified atom stereocenters. The van der Waals surface area contributed by atoms with Gasteiger partial charge in [0, 0.05) is 10.1 Å². The molecular formula is C18H22O4S. The Kier molecular flexibility index (Phi) is 4.48. The van der Waals surface area contributed by atoms with Gasteiger partial charge in [-0.15, -0.1) is 11.3 Å². The molecule has 1 N–H and O–H groups in total. The van der Waals surface area contributed by atoms with Crippen LogP contribution in [0.3, 0.4) is 0 Å². The Morgan fingerprint density at radius 3 is 2.78 bits per heavy atom. The first-order chi connectivity index (χ1) is 11.0. The van der Waals surface area contributed by atoms with Crippen LogP contribution < -0.4 is 9.47 Å². The third kappa shape index (κ3) is 3.15. The monoisotopic (exact) mass is 334 g/mol. The van der Waals surface area contributed by atoms with Gasteiger partial charge in [0.2, 0.25) is 0 Å². The molecule has 2 atom stereocenters. The zero-order valence-corrected chi connectivity index (χ0v) is 14.5. The van der Waals surface area contributed by atoms with E-state index in [0.717, 1.165) is 40.7 Å². The van der Waals surface area contributed by atoms with E-state index in [1.165, 1.54) is 17.8 Å². The van der Waals surface area contributed by atoms with E-state index in [-0.39, 0.29) is 11.0 Å². The molecule has 5 heteroatoms. The number of aryl methyl sites for hydroxylation is 1. The van der Waals surface area contributed by atoms with Crippen LogP contribution >= 0.6 is 11.3 Å². The minimum atomic E-state index is -0.929. The molecule has 23 heavy (non-hydrogen) atoms. The molecule has 2 aromatic rings. The van der Waals surface area contributed by atoms with Crippen molar-refractivity contribution in [3.05, 3.63) is 22.6 Å². The lowest BCUT2D eigenvalue weighted by Crippen LogP contribution is -2.24. The summed E-state index contributed by atoms with van der Waals surface area (Å²) in [6.07, 6.45) is 4.44. The van der Waals surface area contributed by atoms with Crippen LogP contribution in [0.4, 0.5) is 0 Å². The smallest absolute Gasteiger partial charge is 0.349 e. The molecule has 0 spiro atoms. The molecule has 1 aliphatic rings. The normalized spacial score (nSPS) is 21.3. The quantitative estimate of drug-likeness (QED) is 0.866. The summed E-state index contributed by atoms with van der Waals surface area (Å²) < 4.78 is 12.5. The van der Waals surface area contributed by atoms with Crippen molar-refractivity contribution in [3.8, 4) is 11.5 Å². The van der Waals surface area contributed by atoms with E-state index >= 15 is 0 Å². The van der Waals surface area contributed by atoms with Gasteiger partial charge in [-0.05, 0) is 49.8 Å². The first-order valence-corrected chi connectivity index (χ1v) is 8.82.